The third kappa shape index (κ3) is 4.75. The summed E-state index contributed by atoms with van der Waals surface area (Å²) in [6.45, 7) is 3.97. The van der Waals surface area contributed by atoms with Crippen LogP contribution in [0.2, 0.25) is 0 Å². The van der Waals surface area contributed by atoms with Crippen LogP contribution in [0.25, 0.3) is 11.1 Å². The van der Waals surface area contributed by atoms with E-state index >= 15 is 0 Å². The van der Waals surface area contributed by atoms with Crippen molar-refractivity contribution in [3.8, 4) is 16.9 Å². The summed E-state index contributed by atoms with van der Waals surface area (Å²) in [6, 6.07) is 13.2. The maximum absolute atomic E-state index is 13.4. The Morgan fingerprint density at radius 2 is 2.00 bits per heavy atom. The molecular weight excluding hydrogens is 348 g/mol. The third-order valence-corrected chi connectivity index (χ3v) is 4.36. The first-order valence-electron chi connectivity index (χ1n) is 7.83. The zero-order valence-electron chi connectivity index (χ0n) is 13.8. The van der Waals surface area contributed by atoms with E-state index in [1.165, 1.54) is 38.1 Å². The van der Waals surface area contributed by atoms with Crippen LogP contribution in [0.15, 0.2) is 36.4 Å². The molecule has 1 aliphatic heterocycles. The fourth-order valence-corrected chi connectivity index (χ4v) is 3.08. The van der Waals surface area contributed by atoms with Gasteiger partial charge >= 0.3 is 144 Å². The van der Waals surface area contributed by atoms with Crippen LogP contribution < -0.4 is 4.74 Å². The smallest absolute Gasteiger partial charge is 0.358 e. The second-order valence-corrected chi connectivity index (χ2v) is 5.94. The van der Waals surface area contributed by atoms with E-state index in [1.807, 2.05) is 18.2 Å². The fourth-order valence-electron chi connectivity index (χ4n) is 2.84. The molecule has 1 fully saturated rings. The van der Waals surface area contributed by atoms with Crippen molar-refractivity contribution in [2.24, 2.45) is 0 Å². The van der Waals surface area contributed by atoms with Gasteiger partial charge in [0.15, 0.2) is 0 Å². The van der Waals surface area contributed by atoms with Gasteiger partial charge in [0.25, 0.3) is 0 Å². The number of benzene rings is 2. The normalized spacial score (nSPS) is 14.3. The Morgan fingerprint density at radius 1 is 1.21 bits per heavy atom. The van der Waals surface area contributed by atoms with Gasteiger partial charge in [-0.1, -0.05) is 0 Å². The Kier molecular flexibility index (Phi) is 7.14. The number of hydrogen-bond acceptors (Lipinski definition) is 2. The van der Waals surface area contributed by atoms with Crippen LogP contribution in [-0.2, 0) is 15.0 Å². The second kappa shape index (κ2) is 9.10. The van der Waals surface area contributed by atoms with Crippen LogP contribution >= 0.6 is 0 Å². The largest absolute Gasteiger partial charge is 0.358 e. The van der Waals surface area contributed by atoms with Gasteiger partial charge in [0.05, 0.1) is 0 Å². The number of rotatable bonds is 6. The third-order valence-electron chi connectivity index (χ3n) is 4.05. The average molecular weight is 370 g/mol. The Balaban J connectivity index is 0.00000208. The molecule has 2 aromatic carbocycles. The number of halogens is 1. The molecule has 1 aliphatic rings. The first kappa shape index (κ1) is 18.8. The maximum atomic E-state index is 13.4. The molecule has 1 heterocycles. The first-order chi connectivity index (χ1) is 11.3. The van der Waals surface area contributed by atoms with E-state index < -0.39 is 0 Å². The van der Waals surface area contributed by atoms with Crippen LogP contribution in [0.5, 0.6) is 5.75 Å². The molecule has 1 saturated heterocycles. The van der Waals surface area contributed by atoms with Crippen molar-refractivity contribution >= 4 is 4.99 Å². The van der Waals surface area contributed by atoms with Crippen LogP contribution in [0.4, 0.5) is 4.39 Å². The van der Waals surface area contributed by atoms with Gasteiger partial charge in [0.2, 0.25) is 0 Å². The van der Waals surface area contributed by atoms with Gasteiger partial charge < -0.3 is 7.43 Å². The summed E-state index contributed by atoms with van der Waals surface area (Å²) in [4.78, 5) is 4.06. The van der Waals surface area contributed by atoms with Crippen molar-refractivity contribution < 1.29 is 24.2 Å². The van der Waals surface area contributed by atoms with Gasteiger partial charge in [0.1, 0.15) is 0 Å². The van der Waals surface area contributed by atoms with E-state index in [9.17, 15) is 4.39 Å². The fraction of sp³-hybridized carbons (Fsp3) is 0.300. The molecule has 0 aromatic heterocycles. The van der Waals surface area contributed by atoms with Gasteiger partial charge in [-0.25, -0.2) is 0 Å². The Hall–Kier alpha value is -1.51. The minimum Gasteiger partial charge on any atom is -0.358 e. The summed E-state index contributed by atoms with van der Waals surface area (Å²) in [5, 5.41) is 0. The summed E-state index contributed by atoms with van der Waals surface area (Å²) in [7, 11) is 0. The summed E-state index contributed by atoms with van der Waals surface area (Å²) < 4.78 is 19.2. The van der Waals surface area contributed by atoms with Crippen LogP contribution in [0.1, 0.15) is 18.4 Å². The van der Waals surface area contributed by atoms with Gasteiger partial charge in [-0.3, -0.25) is 0 Å². The molecule has 132 valence electrons. The van der Waals surface area contributed by atoms with Gasteiger partial charge in [0, 0.05) is 0 Å². The minimum absolute atomic E-state index is 0. The zero-order valence-corrected chi connectivity index (χ0v) is 14.8. The molecule has 0 bridgehead atoms. The molecule has 2 aromatic rings. The molecule has 0 unspecified atom stereocenters. The molecule has 4 heteroatoms. The standard InChI is InChI=1S/C19H19FNO.CH3.Ni/c1-15-13-18(22-12-11-21-9-2-3-10-21)7-8-19(15)16-5-4-6-17(20)14-16;;/h1,4,6-8,13-14H,2-3,9-12H2;1H3;/q2*-1;. The van der Waals surface area contributed by atoms with E-state index in [0.29, 0.717) is 12.2 Å². The van der Waals surface area contributed by atoms with Crippen LogP contribution in [-0.4, -0.2) is 36.1 Å². The van der Waals surface area contributed by atoms with E-state index in [0.717, 1.165) is 23.4 Å². The summed E-state index contributed by atoms with van der Waals surface area (Å²) >= 11 is 4.79. The molecule has 0 amide bonds. The molecule has 0 saturated carbocycles. The van der Waals surface area contributed by atoms with E-state index in [2.05, 4.69) is 11.0 Å². The molecule has 24 heavy (non-hydrogen) atoms. The molecule has 0 atom stereocenters. The summed E-state index contributed by atoms with van der Waals surface area (Å²) in [5.74, 6) is 0.524. The quantitative estimate of drug-likeness (QED) is 0.565. The summed E-state index contributed by atoms with van der Waals surface area (Å²) in [6.07, 6.45) is 2.57. The predicted octanol–water partition coefficient (Wildman–Crippen LogP) is 3.91. The average Bonchev–Trinajstić information content (AvgIpc) is 3.08. The van der Waals surface area contributed by atoms with Gasteiger partial charge in [-0.15, -0.1) is 0 Å². The van der Waals surface area contributed by atoms with Gasteiger partial charge in [-0.2, -0.15) is 0 Å². The molecule has 2 nitrogen and oxygen atoms in total. The van der Waals surface area contributed by atoms with E-state index in [4.69, 9.17) is 19.8 Å². The topological polar surface area (TPSA) is 12.5 Å². The van der Waals surface area contributed by atoms with Crippen molar-refractivity contribution in [2.45, 2.75) is 12.8 Å². The van der Waals surface area contributed by atoms with Crippen molar-refractivity contribution in [1.29, 1.82) is 0 Å². The Bertz CT molecular complexity index is 683. The number of ether oxygens (including phenoxy) is 1. The number of nitrogens with zero attached hydrogens (tertiary/aromatic N) is 1. The molecule has 0 spiro atoms. The minimum atomic E-state index is -0.274. The maximum Gasteiger partial charge on any atom is -0.358 e. The van der Waals surface area contributed by atoms with E-state index in [1.54, 1.807) is 11.1 Å². The predicted molar refractivity (Wildman–Crippen MR) is 93.4 cm³/mol. The Morgan fingerprint density at radius 3 is 2.71 bits per heavy atom. The molecule has 0 radical (unpaired) electrons. The molecule has 3 rings (SSSR count). The van der Waals surface area contributed by atoms with Gasteiger partial charge in [-0.05, 0) is 0 Å². The zero-order chi connectivity index (χ0) is 16.1. The first-order valence-corrected chi connectivity index (χ1v) is 8.40. The van der Waals surface area contributed by atoms with Crippen molar-refractivity contribution in [2.75, 3.05) is 26.2 Å². The van der Waals surface area contributed by atoms with Crippen LogP contribution in [0, 0.1) is 19.3 Å². The second-order valence-electron chi connectivity index (χ2n) is 5.66. The van der Waals surface area contributed by atoms with Crippen molar-refractivity contribution in [3.63, 3.8) is 0 Å². The van der Waals surface area contributed by atoms with Crippen molar-refractivity contribution in [3.05, 3.63) is 61.3 Å². The van der Waals surface area contributed by atoms with Crippen LogP contribution in [0.3, 0.4) is 0 Å². The SMILES string of the molecule is Fc1cc[c-]c(-c2ccc(OCCN3CCCC3)cc2[CH]=[Ni])c1.[CH3-]. The van der Waals surface area contributed by atoms with E-state index in [-0.39, 0.29) is 13.2 Å². The molecule has 0 aliphatic carbocycles. The summed E-state index contributed by atoms with van der Waals surface area (Å²) in [5.41, 5.74) is 2.45. The number of likely N-dealkylation sites (tertiary alicyclic amines) is 1. The Labute approximate surface area is 151 Å². The number of hydrogen-bond donors (Lipinski definition) is 0. The molecular formula is C20H22FNNiO-2. The molecule has 0 N–H and O–H groups in total. The van der Waals surface area contributed by atoms with Crippen molar-refractivity contribution in [1.82, 2.24) is 4.90 Å². The monoisotopic (exact) mass is 369 g/mol.